The van der Waals surface area contributed by atoms with Gasteiger partial charge in [-0.2, -0.15) is 0 Å². The third kappa shape index (κ3) is 9.10. The Kier molecular flexibility index (Phi) is 11.6. The zero-order chi connectivity index (χ0) is 35.6. The number of ether oxygens (including phenoxy) is 1. The molecule has 51 heavy (non-hydrogen) atoms. The lowest BCUT2D eigenvalue weighted by Crippen LogP contribution is -2.30. The van der Waals surface area contributed by atoms with Gasteiger partial charge in [0.2, 0.25) is 5.91 Å². The van der Waals surface area contributed by atoms with E-state index in [1.807, 2.05) is 86.0 Å². The summed E-state index contributed by atoms with van der Waals surface area (Å²) in [4.78, 5) is 45.7. The van der Waals surface area contributed by atoms with E-state index in [2.05, 4.69) is 45.2 Å². The smallest absolute Gasteiger partial charge is 0.272 e. The van der Waals surface area contributed by atoms with E-state index >= 15 is 0 Å². The summed E-state index contributed by atoms with van der Waals surface area (Å²) in [5.74, 6) is -0.498. The van der Waals surface area contributed by atoms with Crippen LogP contribution >= 0.6 is 23.1 Å². The van der Waals surface area contributed by atoms with Gasteiger partial charge >= 0.3 is 0 Å². The number of hydrogen-bond acceptors (Lipinski definition) is 7. The number of benzene rings is 5. The predicted molar refractivity (Wildman–Crippen MR) is 208 cm³/mol. The predicted octanol–water partition coefficient (Wildman–Crippen LogP) is 9.28. The number of aromatic nitrogens is 1. The van der Waals surface area contributed by atoms with E-state index < -0.39 is 17.1 Å². The molecule has 3 N–H and O–H groups in total. The molecule has 0 aliphatic heterocycles. The zero-order valence-corrected chi connectivity index (χ0v) is 29.7. The molecule has 5 aromatic carbocycles. The van der Waals surface area contributed by atoms with E-state index in [9.17, 15) is 14.4 Å². The van der Waals surface area contributed by atoms with Gasteiger partial charge in [-0.05, 0) is 72.7 Å². The van der Waals surface area contributed by atoms with Gasteiger partial charge in [0.25, 0.3) is 11.8 Å². The summed E-state index contributed by atoms with van der Waals surface area (Å²) in [6.07, 6.45) is 2.18. The Bertz CT molecular complexity index is 2200. The Hall–Kier alpha value is -5.71. The molecule has 8 nitrogen and oxygen atoms in total. The molecule has 0 aliphatic rings. The van der Waals surface area contributed by atoms with Crippen molar-refractivity contribution in [3.05, 3.63) is 144 Å². The quantitative estimate of drug-likeness (QED) is 0.0814. The Balaban J connectivity index is 1.15. The lowest BCUT2D eigenvalue weighted by atomic mass is 10.1. The first-order chi connectivity index (χ1) is 24.9. The number of nitrogens with one attached hydrogen (secondary N) is 3. The van der Waals surface area contributed by atoms with Crippen molar-refractivity contribution in [1.82, 2.24) is 10.3 Å². The Morgan fingerprint density at radius 3 is 2.39 bits per heavy atom. The fourth-order valence-electron chi connectivity index (χ4n) is 5.32. The summed E-state index contributed by atoms with van der Waals surface area (Å²) in [5.41, 5.74) is 3.41. The van der Waals surface area contributed by atoms with Gasteiger partial charge in [0, 0.05) is 32.7 Å². The van der Waals surface area contributed by atoms with Crippen molar-refractivity contribution in [1.29, 1.82) is 0 Å². The minimum Gasteiger partial charge on any atom is -0.493 e. The first-order valence-corrected chi connectivity index (χ1v) is 18.3. The molecule has 1 unspecified atom stereocenters. The molecule has 0 fully saturated rings. The highest BCUT2D eigenvalue weighted by Crippen LogP contribution is 2.31. The van der Waals surface area contributed by atoms with Crippen molar-refractivity contribution < 1.29 is 19.1 Å². The molecule has 3 amide bonds. The second-order valence-electron chi connectivity index (χ2n) is 11.4. The van der Waals surface area contributed by atoms with Crippen LogP contribution in [-0.4, -0.2) is 34.6 Å². The van der Waals surface area contributed by atoms with E-state index in [-0.39, 0.29) is 11.6 Å². The molecule has 256 valence electrons. The van der Waals surface area contributed by atoms with Crippen LogP contribution in [0.1, 0.15) is 36.2 Å². The van der Waals surface area contributed by atoms with Gasteiger partial charge in [0.1, 0.15) is 11.4 Å². The maximum Gasteiger partial charge on any atom is 0.272 e. The molecule has 10 heteroatoms. The second kappa shape index (κ2) is 16.8. The number of rotatable bonds is 13. The van der Waals surface area contributed by atoms with Crippen LogP contribution in [0.2, 0.25) is 0 Å². The first-order valence-electron chi connectivity index (χ1n) is 16.5. The third-order valence-corrected chi connectivity index (χ3v) is 9.98. The number of carbonyl (C=O) groups excluding carboxylic acids is 3. The fraction of sp³-hybridized carbons (Fsp3) is 0.122. The molecule has 0 radical (unpaired) electrons. The average molecular weight is 713 g/mol. The number of fused-ring (bicyclic) bond motifs is 1. The van der Waals surface area contributed by atoms with E-state index in [1.54, 1.807) is 36.4 Å². The van der Waals surface area contributed by atoms with Gasteiger partial charge in [-0.3, -0.25) is 14.4 Å². The standard InChI is InChI=1S/C41H36N4O4S2/c1-3-37(40(48)45-41-44-35(26-50-41)30-22-21-27-13-8-9-16-29(27)23-30)51-33-19-12-18-32(25-33)42-39(47)34(43-38(46)28-14-6-5-7-15-28)24-31-17-10-11-20-36(31)49-4-2/h5-26,37H,3-4H2,1-2H3,(H,42,47)(H,43,46)(H,44,45,48)/b34-24+. The van der Waals surface area contributed by atoms with Gasteiger partial charge in [0.05, 0.1) is 17.6 Å². The lowest BCUT2D eigenvalue weighted by molar-refractivity contribution is -0.116. The number of amides is 3. The van der Waals surface area contributed by atoms with Crippen LogP contribution < -0.4 is 20.7 Å². The number of nitrogens with zero attached hydrogens (tertiary/aromatic N) is 1. The number of thiazole rings is 1. The van der Waals surface area contributed by atoms with E-state index in [4.69, 9.17) is 4.74 Å². The highest BCUT2D eigenvalue weighted by Gasteiger charge is 2.21. The molecule has 0 bridgehead atoms. The third-order valence-electron chi connectivity index (χ3n) is 7.86. The Morgan fingerprint density at radius 1 is 0.824 bits per heavy atom. The summed E-state index contributed by atoms with van der Waals surface area (Å²) in [7, 11) is 0. The van der Waals surface area contributed by atoms with Gasteiger partial charge in [-0.1, -0.05) is 85.8 Å². The molecule has 1 heterocycles. The van der Waals surface area contributed by atoms with Gasteiger partial charge in [-0.25, -0.2) is 4.98 Å². The van der Waals surface area contributed by atoms with Crippen LogP contribution in [0.3, 0.4) is 0 Å². The largest absolute Gasteiger partial charge is 0.493 e. The molecule has 0 aliphatic carbocycles. The van der Waals surface area contributed by atoms with Crippen LogP contribution in [-0.2, 0) is 9.59 Å². The van der Waals surface area contributed by atoms with Crippen LogP contribution in [0, 0.1) is 0 Å². The first kappa shape index (κ1) is 35.1. The van der Waals surface area contributed by atoms with E-state index in [0.29, 0.717) is 40.7 Å². The van der Waals surface area contributed by atoms with Gasteiger partial charge < -0.3 is 20.7 Å². The van der Waals surface area contributed by atoms with Crippen molar-refractivity contribution >= 4 is 68.5 Å². The molecule has 1 aromatic heterocycles. The van der Waals surface area contributed by atoms with Gasteiger partial charge in [0.15, 0.2) is 5.13 Å². The van der Waals surface area contributed by atoms with Crippen LogP contribution in [0.4, 0.5) is 10.8 Å². The lowest BCUT2D eigenvalue weighted by Gasteiger charge is -2.15. The normalized spacial score (nSPS) is 11.8. The number of hydrogen-bond donors (Lipinski definition) is 3. The summed E-state index contributed by atoms with van der Waals surface area (Å²) in [6.45, 7) is 4.28. The van der Waals surface area contributed by atoms with Crippen LogP contribution in [0.25, 0.3) is 28.1 Å². The molecule has 6 rings (SSSR count). The zero-order valence-electron chi connectivity index (χ0n) is 28.1. The van der Waals surface area contributed by atoms with Crippen molar-refractivity contribution in [3.8, 4) is 17.0 Å². The molecule has 0 saturated heterocycles. The summed E-state index contributed by atoms with van der Waals surface area (Å²) < 4.78 is 5.75. The van der Waals surface area contributed by atoms with Crippen molar-refractivity contribution in [2.45, 2.75) is 30.4 Å². The molecule has 0 spiro atoms. The fourth-order valence-corrected chi connectivity index (χ4v) is 7.05. The number of carbonyl (C=O) groups is 3. The summed E-state index contributed by atoms with van der Waals surface area (Å²) in [6, 6.07) is 37.7. The molecular weight excluding hydrogens is 677 g/mol. The van der Waals surface area contributed by atoms with Crippen molar-refractivity contribution in [3.63, 3.8) is 0 Å². The molecule has 6 aromatic rings. The number of para-hydroxylation sites is 1. The highest BCUT2D eigenvalue weighted by molar-refractivity contribution is 8.00. The summed E-state index contributed by atoms with van der Waals surface area (Å²) >= 11 is 2.79. The highest BCUT2D eigenvalue weighted by atomic mass is 32.2. The Morgan fingerprint density at radius 2 is 1.59 bits per heavy atom. The number of anilines is 2. The summed E-state index contributed by atoms with van der Waals surface area (Å²) in [5, 5.41) is 13.0. The van der Waals surface area contributed by atoms with Crippen molar-refractivity contribution in [2.24, 2.45) is 0 Å². The average Bonchev–Trinajstić information content (AvgIpc) is 3.63. The minimum absolute atomic E-state index is 0.0476. The monoisotopic (exact) mass is 712 g/mol. The SMILES string of the molecule is CCOc1ccccc1/C=C(/NC(=O)c1ccccc1)C(=O)Nc1cccc(SC(CC)C(=O)Nc2nc(-c3ccc4ccccc4c3)cs2)c1. The van der Waals surface area contributed by atoms with Crippen molar-refractivity contribution in [2.75, 3.05) is 17.2 Å². The second-order valence-corrected chi connectivity index (χ2v) is 13.6. The molecule has 0 saturated carbocycles. The molecular formula is C41H36N4O4S2. The van der Waals surface area contributed by atoms with E-state index in [0.717, 1.165) is 26.9 Å². The maximum absolute atomic E-state index is 13.7. The number of thioether (sulfide) groups is 1. The van der Waals surface area contributed by atoms with Crippen LogP contribution in [0.15, 0.2) is 137 Å². The van der Waals surface area contributed by atoms with E-state index in [1.165, 1.54) is 23.1 Å². The maximum atomic E-state index is 13.7. The van der Waals surface area contributed by atoms with Crippen LogP contribution in [0.5, 0.6) is 5.75 Å². The topological polar surface area (TPSA) is 109 Å². The Labute approximate surface area is 305 Å². The van der Waals surface area contributed by atoms with Gasteiger partial charge in [-0.15, -0.1) is 23.1 Å². The minimum atomic E-state index is -0.511. The molecule has 1 atom stereocenters.